The fraction of sp³-hybridized carbons (Fsp3) is 1.00. The first kappa shape index (κ1) is 42.0. The number of unbranched alkanes of at least 4 members (excludes halogenated alkanes) is 13. The molecular formula is C33H67ClO8. The van der Waals surface area contributed by atoms with E-state index in [2.05, 4.69) is 6.92 Å². The predicted molar refractivity (Wildman–Crippen MR) is 172 cm³/mol. The molecule has 0 saturated heterocycles. The average molecular weight is 627 g/mol. The lowest BCUT2D eigenvalue weighted by Crippen LogP contribution is -2.15. The first-order valence-electron chi connectivity index (χ1n) is 17.1. The van der Waals surface area contributed by atoms with Crippen LogP contribution in [0.5, 0.6) is 0 Å². The summed E-state index contributed by atoms with van der Waals surface area (Å²) in [7, 11) is 0. The molecular weight excluding hydrogens is 560 g/mol. The molecule has 0 bridgehead atoms. The van der Waals surface area contributed by atoms with Gasteiger partial charge in [0.05, 0.1) is 92.5 Å². The topological polar surface area (TPSA) is 73.8 Å². The van der Waals surface area contributed by atoms with Crippen molar-refractivity contribution in [3.05, 3.63) is 0 Å². The zero-order chi connectivity index (χ0) is 30.3. The summed E-state index contributed by atoms with van der Waals surface area (Å²) in [5, 5.41) is 0. The molecule has 42 heavy (non-hydrogen) atoms. The van der Waals surface area contributed by atoms with Gasteiger partial charge in [0.15, 0.2) is 0 Å². The number of hydrogen-bond donors (Lipinski definition) is 0. The summed E-state index contributed by atoms with van der Waals surface area (Å²) in [6.07, 6.45) is 19.5. The van der Waals surface area contributed by atoms with E-state index in [4.69, 9.17) is 49.5 Å². The van der Waals surface area contributed by atoms with Crippen LogP contribution in [0.1, 0.15) is 103 Å². The molecule has 9 heteroatoms. The Morgan fingerprint density at radius 2 is 0.476 bits per heavy atom. The molecule has 0 heterocycles. The third kappa shape index (κ3) is 40.0. The van der Waals surface area contributed by atoms with Crippen LogP contribution in [0.15, 0.2) is 0 Å². The molecule has 0 aromatic rings. The Morgan fingerprint density at radius 3 is 0.738 bits per heavy atom. The largest absolute Gasteiger partial charge is 0.379 e. The van der Waals surface area contributed by atoms with Crippen molar-refractivity contribution in [2.24, 2.45) is 0 Å². The first-order chi connectivity index (χ1) is 20.9. The van der Waals surface area contributed by atoms with Gasteiger partial charge in [-0.2, -0.15) is 0 Å². The van der Waals surface area contributed by atoms with Gasteiger partial charge in [-0.25, -0.2) is 0 Å². The maximum atomic E-state index is 5.65. The van der Waals surface area contributed by atoms with E-state index in [0.717, 1.165) is 38.4 Å². The van der Waals surface area contributed by atoms with Gasteiger partial charge < -0.3 is 37.9 Å². The van der Waals surface area contributed by atoms with E-state index >= 15 is 0 Å². The standard InChI is InChI=1S/C33H67ClO8/c1-2-3-4-5-6-7-8-9-10-12-15-18-35-20-22-37-24-26-39-28-30-41-32-33-42-31-29-40-27-25-38-23-21-36-19-16-13-11-14-17-34/h2-33H2,1H3. The van der Waals surface area contributed by atoms with E-state index in [9.17, 15) is 0 Å². The first-order valence-corrected chi connectivity index (χ1v) is 17.6. The number of rotatable bonds is 39. The SMILES string of the molecule is CCCCCCCCCCCCCOCCOCCOCCOCCOCCOCCOCCOCCCCCCCl. The lowest BCUT2D eigenvalue weighted by molar-refractivity contribution is -0.0232. The lowest BCUT2D eigenvalue weighted by atomic mass is 10.1. The average Bonchev–Trinajstić information content (AvgIpc) is 3.00. The summed E-state index contributed by atoms with van der Waals surface area (Å²) >= 11 is 5.65. The fourth-order valence-electron chi connectivity index (χ4n) is 4.16. The molecule has 0 rings (SSSR count). The van der Waals surface area contributed by atoms with Gasteiger partial charge >= 0.3 is 0 Å². The molecule has 0 radical (unpaired) electrons. The van der Waals surface area contributed by atoms with Crippen LogP contribution in [0.4, 0.5) is 0 Å². The maximum absolute atomic E-state index is 5.65. The van der Waals surface area contributed by atoms with Gasteiger partial charge in [0, 0.05) is 19.1 Å². The van der Waals surface area contributed by atoms with Crippen molar-refractivity contribution in [1.29, 1.82) is 0 Å². The second-order valence-electron chi connectivity index (χ2n) is 10.5. The number of ether oxygens (including phenoxy) is 8. The zero-order valence-corrected chi connectivity index (χ0v) is 28.0. The Hall–Kier alpha value is -0.0300. The monoisotopic (exact) mass is 626 g/mol. The Bertz CT molecular complexity index is 422. The van der Waals surface area contributed by atoms with Crippen LogP contribution in [-0.2, 0) is 37.9 Å². The van der Waals surface area contributed by atoms with Crippen LogP contribution in [0.25, 0.3) is 0 Å². The van der Waals surface area contributed by atoms with E-state index in [0.29, 0.717) is 92.5 Å². The Morgan fingerprint density at radius 1 is 0.262 bits per heavy atom. The van der Waals surface area contributed by atoms with E-state index in [1.54, 1.807) is 0 Å². The lowest BCUT2D eigenvalue weighted by Gasteiger charge is -2.09. The van der Waals surface area contributed by atoms with Crippen molar-refractivity contribution in [2.45, 2.75) is 103 Å². The fourth-order valence-corrected chi connectivity index (χ4v) is 4.35. The molecule has 0 aliphatic carbocycles. The minimum absolute atomic E-state index is 0.547. The zero-order valence-electron chi connectivity index (χ0n) is 27.3. The van der Waals surface area contributed by atoms with Gasteiger partial charge in [-0.1, -0.05) is 84.0 Å². The van der Waals surface area contributed by atoms with Crippen molar-refractivity contribution in [2.75, 3.05) is 112 Å². The summed E-state index contributed by atoms with van der Waals surface area (Å²) in [4.78, 5) is 0. The highest BCUT2D eigenvalue weighted by molar-refractivity contribution is 6.17. The van der Waals surface area contributed by atoms with Crippen molar-refractivity contribution >= 4 is 11.6 Å². The minimum atomic E-state index is 0.547. The number of halogens is 1. The van der Waals surface area contributed by atoms with Crippen LogP contribution < -0.4 is 0 Å². The number of alkyl halides is 1. The van der Waals surface area contributed by atoms with Crippen molar-refractivity contribution in [1.82, 2.24) is 0 Å². The highest BCUT2D eigenvalue weighted by atomic mass is 35.5. The van der Waals surface area contributed by atoms with Crippen LogP contribution in [0.3, 0.4) is 0 Å². The van der Waals surface area contributed by atoms with E-state index in [1.165, 1.54) is 77.0 Å². The smallest absolute Gasteiger partial charge is 0.0701 e. The molecule has 0 N–H and O–H groups in total. The second kappa shape index (κ2) is 41.0. The maximum Gasteiger partial charge on any atom is 0.0701 e. The van der Waals surface area contributed by atoms with Gasteiger partial charge in [-0.15, -0.1) is 11.6 Å². The molecule has 0 amide bonds. The molecule has 0 aromatic heterocycles. The molecule has 0 unspecified atom stereocenters. The Balaban J connectivity index is 3.02. The molecule has 0 aromatic carbocycles. The summed E-state index contributed by atoms with van der Waals surface area (Å²) in [5.74, 6) is 0.751. The van der Waals surface area contributed by atoms with E-state index < -0.39 is 0 Å². The third-order valence-electron chi connectivity index (χ3n) is 6.67. The van der Waals surface area contributed by atoms with Gasteiger partial charge in [0.2, 0.25) is 0 Å². The summed E-state index contributed by atoms with van der Waals surface area (Å²) in [6, 6.07) is 0. The normalized spacial score (nSPS) is 11.6. The van der Waals surface area contributed by atoms with Crippen LogP contribution in [0, 0.1) is 0 Å². The summed E-state index contributed by atoms with van der Waals surface area (Å²) < 4.78 is 44.2. The highest BCUT2D eigenvalue weighted by Gasteiger charge is 1.97. The van der Waals surface area contributed by atoms with Crippen LogP contribution in [0.2, 0.25) is 0 Å². The summed E-state index contributed by atoms with van der Waals surface area (Å²) in [6.45, 7) is 12.0. The van der Waals surface area contributed by atoms with E-state index in [-0.39, 0.29) is 0 Å². The molecule has 254 valence electrons. The molecule has 8 nitrogen and oxygen atoms in total. The minimum Gasteiger partial charge on any atom is -0.379 e. The third-order valence-corrected chi connectivity index (χ3v) is 6.94. The molecule has 0 saturated carbocycles. The number of hydrogen-bond acceptors (Lipinski definition) is 8. The van der Waals surface area contributed by atoms with Crippen molar-refractivity contribution in [3.63, 3.8) is 0 Å². The molecule has 0 aliphatic heterocycles. The van der Waals surface area contributed by atoms with Crippen molar-refractivity contribution < 1.29 is 37.9 Å². The molecule has 0 atom stereocenters. The summed E-state index contributed by atoms with van der Waals surface area (Å²) in [5.41, 5.74) is 0. The van der Waals surface area contributed by atoms with Crippen LogP contribution >= 0.6 is 11.6 Å². The van der Waals surface area contributed by atoms with Gasteiger partial charge in [0.25, 0.3) is 0 Å². The predicted octanol–water partition coefficient (Wildman–Crippen LogP) is 7.23. The molecule has 0 fully saturated rings. The molecule has 0 spiro atoms. The van der Waals surface area contributed by atoms with Crippen molar-refractivity contribution in [3.8, 4) is 0 Å². The molecule has 0 aliphatic rings. The highest BCUT2D eigenvalue weighted by Crippen LogP contribution is 2.11. The Kier molecular flexibility index (Phi) is 40.9. The quantitative estimate of drug-likeness (QED) is 0.0523. The van der Waals surface area contributed by atoms with Gasteiger partial charge in [-0.05, 0) is 19.3 Å². The van der Waals surface area contributed by atoms with Gasteiger partial charge in [0.1, 0.15) is 0 Å². The second-order valence-corrected chi connectivity index (χ2v) is 10.9. The van der Waals surface area contributed by atoms with Crippen LogP contribution in [-0.4, -0.2) is 112 Å². The van der Waals surface area contributed by atoms with Gasteiger partial charge in [-0.3, -0.25) is 0 Å². The van der Waals surface area contributed by atoms with E-state index in [1.807, 2.05) is 0 Å². The Labute approximate surface area is 264 Å².